The number of rotatable bonds is 4. The number of benzene rings is 1. The first-order chi connectivity index (χ1) is 8.06. The van der Waals surface area contributed by atoms with Crippen LogP contribution >= 0.6 is 0 Å². The molecule has 4 nitrogen and oxygen atoms in total. The first kappa shape index (κ1) is 13.1. The summed E-state index contributed by atoms with van der Waals surface area (Å²) in [6.45, 7) is 5.38. The van der Waals surface area contributed by atoms with Crippen molar-refractivity contribution < 1.29 is 19.4 Å². The average Bonchev–Trinajstić information content (AvgIpc) is 2.32. The Morgan fingerprint density at radius 3 is 2.65 bits per heavy atom. The van der Waals surface area contributed by atoms with Crippen LogP contribution in [-0.2, 0) is 11.2 Å². The Labute approximate surface area is 100 Å². The van der Waals surface area contributed by atoms with E-state index in [1.165, 1.54) is 14.2 Å². The lowest BCUT2D eigenvalue weighted by Gasteiger charge is -2.14. The standard InChI is InChI=1S/C13H16O4/c1-5-6-9-7-8(2)10(13(15)17-4)12(16-3)11(9)14/h5,7,14H,1,6H2,2-4H3. The van der Waals surface area contributed by atoms with E-state index in [-0.39, 0.29) is 17.1 Å². The summed E-state index contributed by atoms with van der Waals surface area (Å²) >= 11 is 0. The van der Waals surface area contributed by atoms with E-state index in [9.17, 15) is 9.90 Å². The van der Waals surface area contributed by atoms with Gasteiger partial charge in [0.15, 0.2) is 11.5 Å². The highest BCUT2D eigenvalue weighted by atomic mass is 16.5. The van der Waals surface area contributed by atoms with E-state index in [1.807, 2.05) is 0 Å². The van der Waals surface area contributed by atoms with Crippen molar-refractivity contribution in [3.8, 4) is 11.5 Å². The summed E-state index contributed by atoms with van der Waals surface area (Å²) in [5.41, 5.74) is 1.62. The van der Waals surface area contributed by atoms with Gasteiger partial charge in [0.2, 0.25) is 0 Å². The number of phenols is 1. The van der Waals surface area contributed by atoms with Crippen LogP contribution in [0.4, 0.5) is 0 Å². The lowest BCUT2D eigenvalue weighted by molar-refractivity contribution is 0.0595. The van der Waals surface area contributed by atoms with Crippen molar-refractivity contribution >= 4 is 5.97 Å². The number of allylic oxidation sites excluding steroid dienone is 1. The van der Waals surface area contributed by atoms with Crippen LogP contribution in [0.1, 0.15) is 21.5 Å². The quantitative estimate of drug-likeness (QED) is 0.643. The van der Waals surface area contributed by atoms with Crippen LogP contribution in [-0.4, -0.2) is 25.3 Å². The van der Waals surface area contributed by atoms with Crippen LogP contribution in [0.15, 0.2) is 18.7 Å². The smallest absolute Gasteiger partial charge is 0.342 e. The second-order valence-corrected chi connectivity index (χ2v) is 3.59. The second kappa shape index (κ2) is 5.39. The molecule has 0 heterocycles. The molecule has 0 radical (unpaired) electrons. The maximum atomic E-state index is 11.6. The lowest BCUT2D eigenvalue weighted by atomic mass is 10.0. The topological polar surface area (TPSA) is 55.8 Å². The highest BCUT2D eigenvalue weighted by Gasteiger charge is 2.21. The normalized spacial score (nSPS) is 9.82. The summed E-state index contributed by atoms with van der Waals surface area (Å²) in [6, 6.07) is 1.73. The van der Waals surface area contributed by atoms with Crippen LogP contribution in [0.3, 0.4) is 0 Å². The van der Waals surface area contributed by atoms with Crippen LogP contribution in [0.2, 0.25) is 0 Å². The van der Waals surface area contributed by atoms with E-state index in [2.05, 4.69) is 11.3 Å². The molecule has 0 spiro atoms. The van der Waals surface area contributed by atoms with Gasteiger partial charge in [-0.05, 0) is 18.9 Å². The van der Waals surface area contributed by atoms with Gasteiger partial charge in [-0.25, -0.2) is 4.79 Å². The molecule has 0 unspecified atom stereocenters. The number of esters is 1. The van der Waals surface area contributed by atoms with Gasteiger partial charge in [0, 0.05) is 5.56 Å². The number of aromatic hydroxyl groups is 1. The summed E-state index contributed by atoms with van der Waals surface area (Å²) in [4.78, 5) is 11.6. The first-order valence-corrected chi connectivity index (χ1v) is 5.15. The fourth-order valence-electron chi connectivity index (χ4n) is 1.71. The van der Waals surface area contributed by atoms with Gasteiger partial charge >= 0.3 is 5.97 Å². The van der Waals surface area contributed by atoms with Crippen LogP contribution in [0.5, 0.6) is 11.5 Å². The highest BCUT2D eigenvalue weighted by Crippen LogP contribution is 2.36. The number of hydrogen-bond acceptors (Lipinski definition) is 4. The maximum absolute atomic E-state index is 11.6. The average molecular weight is 236 g/mol. The molecular weight excluding hydrogens is 220 g/mol. The number of carbonyl (C=O) groups excluding carboxylic acids is 1. The van der Waals surface area contributed by atoms with Gasteiger partial charge in [-0.15, -0.1) is 6.58 Å². The summed E-state index contributed by atoms with van der Waals surface area (Å²) in [5.74, 6) is -0.424. The number of phenolic OH excluding ortho intramolecular Hbond substituents is 1. The Kier molecular flexibility index (Phi) is 4.15. The van der Waals surface area contributed by atoms with Gasteiger partial charge in [-0.3, -0.25) is 0 Å². The van der Waals surface area contributed by atoms with Gasteiger partial charge in [-0.2, -0.15) is 0 Å². The van der Waals surface area contributed by atoms with Gasteiger partial charge in [0.25, 0.3) is 0 Å². The molecule has 1 rings (SSSR count). The Balaban J connectivity index is 3.46. The zero-order chi connectivity index (χ0) is 13.0. The largest absolute Gasteiger partial charge is 0.504 e. The summed E-state index contributed by atoms with van der Waals surface area (Å²) in [6.07, 6.45) is 2.18. The highest BCUT2D eigenvalue weighted by molar-refractivity contribution is 5.95. The zero-order valence-electron chi connectivity index (χ0n) is 10.2. The maximum Gasteiger partial charge on any atom is 0.342 e. The molecule has 1 aromatic rings. The van der Waals surface area contributed by atoms with E-state index < -0.39 is 5.97 Å². The van der Waals surface area contributed by atoms with Crippen molar-refractivity contribution in [3.63, 3.8) is 0 Å². The fraction of sp³-hybridized carbons (Fsp3) is 0.308. The number of carbonyl (C=O) groups is 1. The number of ether oxygens (including phenoxy) is 2. The van der Waals surface area contributed by atoms with Crippen molar-refractivity contribution in [1.29, 1.82) is 0 Å². The summed E-state index contributed by atoms with van der Waals surface area (Å²) in [5, 5.41) is 9.99. The minimum atomic E-state index is -0.528. The molecule has 0 fully saturated rings. The first-order valence-electron chi connectivity index (χ1n) is 5.15. The van der Waals surface area contributed by atoms with Gasteiger partial charge in [0.1, 0.15) is 5.56 Å². The third kappa shape index (κ3) is 2.41. The SMILES string of the molecule is C=CCc1cc(C)c(C(=O)OC)c(OC)c1O. The molecule has 0 saturated carbocycles. The molecule has 17 heavy (non-hydrogen) atoms. The molecule has 1 aromatic carbocycles. The predicted octanol–water partition coefficient (Wildman–Crippen LogP) is 2.22. The second-order valence-electron chi connectivity index (χ2n) is 3.59. The van der Waals surface area contributed by atoms with Crippen molar-refractivity contribution in [2.24, 2.45) is 0 Å². The third-order valence-corrected chi connectivity index (χ3v) is 2.49. The number of methoxy groups -OCH3 is 2. The van der Waals surface area contributed by atoms with Crippen molar-refractivity contribution in [2.45, 2.75) is 13.3 Å². The van der Waals surface area contributed by atoms with Crippen molar-refractivity contribution in [3.05, 3.63) is 35.4 Å². The van der Waals surface area contributed by atoms with Crippen molar-refractivity contribution in [1.82, 2.24) is 0 Å². The van der Waals surface area contributed by atoms with Gasteiger partial charge in [0.05, 0.1) is 14.2 Å². The summed E-state index contributed by atoms with van der Waals surface area (Å²) < 4.78 is 9.75. The van der Waals surface area contributed by atoms with Crippen LogP contribution in [0, 0.1) is 6.92 Å². The van der Waals surface area contributed by atoms with Crippen LogP contribution < -0.4 is 4.74 Å². The molecule has 0 atom stereocenters. The molecule has 0 aliphatic heterocycles. The Hall–Kier alpha value is -1.97. The Morgan fingerprint density at radius 2 is 2.18 bits per heavy atom. The monoisotopic (exact) mass is 236 g/mol. The van der Waals surface area contributed by atoms with E-state index in [1.54, 1.807) is 19.1 Å². The summed E-state index contributed by atoms with van der Waals surface area (Å²) in [7, 11) is 2.69. The van der Waals surface area contributed by atoms with Gasteiger partial charge in [-0.1, -0.05) is 12.1 Å². The molecule has 0 aliphatic rings. The molecule has 1 N–H and O–H groups in total. The minimum absolute atomic E-state index is 0.0431. The molecule has 0 amide bonds. The molecule has 0 aromatic heterocycles. The minimum Gasteiger partial charge on any atom is -0.504 e. The molecular formula is C13H16O4. The van der Waals surface area contributed by atoms with Crippen LogP contribution in [0.25, 0.3) is 0 Å². The number of hydrogen-bond donors (Lipinski definition) is 1. The van der Waals surface area contributed by atoms with Crippen molar-refractivity contribution in [2.75, 3.05) is 14.2 Å². The van der Waals surface area contributed by atoms with E-state index in [0.29, 0.717) is 17.5 Å². The number of aryl methyl sites for hydroxylation is 1. The molecule has 0 saturated heterocycles. The molecule has 0 bridgehead atoms. The predicted molar refractivity (Wildman–Crippen MR) is 64.6 cm³/mol. The molecule has 4 heteroatoms. The Bertz CT molecular complexity index is 449. The lowest BCUT2D eigenvalue weighted by Crippen LogP contribution is -2.08. The fourth-order valence-corrected chi connectivity index (χ4v) is 1.71. The van der Waals surface area contributed by atoms with E-state index >= 15 is 0 Å². The molecule has 92 valence electrons. The van der Waals surface area contributed by atoms with Gasteiger partial charge < -0.3 is 14.6 Å². The molecule has 0 aliphatic carbocycles. The van der Waals surface area contributed by atoms with E-state index in [4.69, 9.17) is 4.74 Å². The third-order valence-electron chi connectivity index (χ3n) is 2.49. The zero-order valence-corrected chi connectivity index (χ0v) is 10.2. The van der Waals surface area contributed by atoms with E-state index in [0.717, 1.165) is 0 Å². The Morgan fingerprint density at radius 1 is 1.53 bits per heavy atom.